The van der Waals surface area contributed by atoms with Gasteiger partial charge >= 0.3 is 0 Å². The molecule has 0 bridgehead atoms. The normalized spacial score (nSPS) is 11.8. The van der Waals surface area contributed by atoms with Crippen LogP contribution < -0.4 is 14.2 Å². The summed E-state index contributed by atoms with van der Waals surface area (Å²) in [4.78, 5) is 11.4. The molecule has 0 fully saturated rings. The lowest BCUT2D eigenvalue weighted by molar-refractivity contribution is -0.118. The van der Waals surface area contributed by atoms with Crippen LogP contribution in [0.25, 0.3) is 0 Å². The van der Waals surface area contributed by atoms with Crippen molar-refractivity contribution in [1.29, 1.82) is 0 Å². The van der Waals surface area contributed by atoms with E-state index in [0.717, 1.165) is 5.56 Å². The van der Waals surface area contributed by atoms with Gasteiger partial charge in [0.2, 0.25) is 5.75 Å². The fourth-order valence-corrected chi connectivity index (χ4v) is 1.59. The summed E-state index contributed by atoms with van der Waals surface area (Å²) in [5.74, 6) is 1.57. The van der Waals surface area contributed by atoms with E-state index in [9.17, 15) is 4.79 Å². The van der Waals surface area contributed by atoms with Gasteiger partial charge in [0.15, 0.2) is 11.5 Å². The molecule has 0 N–H and O–H groups in total. The molecule has 0 saturated heterocycles. The zero-order valence-corrected chi connectivity index (χ0v) is 10.9. The zero-order chi connectivity index (χ0) is 13.0. The molecule has 1 atom stereocenters. The number of benzene rings is 1. The first-order valence-corrected chi connectivity index (χ1v) is 5.35. The number of hydrogen-bond donors (Lipinski definition) is 0. The predicted molar refractivity (Wildman–Crippen MR) is 65.2 cm³/mol. The second-order valence-electron chi connectivity index (χ2n) is 3.79. The fraction of sp³-hybridized carbons (Fsp3) is 0.462. The number of carbonyl (C=O) groups is 1. The third-order valence-electron chi connectivity index (χ3n) is 2.80. The summed E-state index contributed by atoms with van der Waals surface area (Å²) >= 11 is 0. The minimum atomic E-state index is -0.191. The molecule has 17 heavy (non-hydrogen) atoms. The summed E-state index contributed by atoms with van der Waals surface area (Å²) in [6.45, 7) is 3.41. The number of Topliss-reactive ketones (excluding diaryl/α,β-unsaturated/α-hetero) is 1. The van der Waals surface area contributed by atoms with Gasteiger partial charge in [-0.3, -0.25) is 4.79 Å². The first-order chi connectivity index (χ1) is 8.04. The Balaban J connectivity index is 3.31. The van der Waals surface area contributed by atoms with Crippen molar-refractivity contribution in [2.75, 3.05) is 21.3 Å². The summed E-state index contributed by atoms with van der Waals surface area (Å²) in [6.07, 6.45) is 0. The highest BCUT2D eigenvalue weighted by molar-refractivity contribution is 5.83. The second-order valence-corrected chi connectivity index (χ2v) is 3.79. The highest BCUT2D eigenvalue weighted by atomic mass is 16.5. The maximum Gasteiger partial charge on any atom is 0.203 e. The van der Waals surface area contributed by atoms with Crippen molar-refractivity contribution in [2.45, 2.75) is 19.8 Å². The van der Waals surface area contributed by atoms with Gasteiger partial charge in [0.1, 0.15) is 5.78 Å². The largest absolute Gasteiger partial charge is 0.493 e. The Bertz CT molecular complexity index is 387. The van der Waals surface area contributed by atoms with Gasteiger partial charge in [0.05, 0.1) is 21.3 Å². The van der Waals surface area contributed by atoms with Crippen molar-refractivity contribution in [1.82, 2.24) is 0 Å². The van der Waals surface area contributed by atoms with Crippen LogP contribution in [0.5, 0.6) is 17.2 Å². The highest BCUT2D eigenvalue weighted by Crippen LogP contribution is 2.40. The molecule has 1 unspecified atom stereocenters. The quantitative estimate of drug-likeness (QED) is 0.790. The molecule has 0 heterocycles. The van der Waals surface area contributed by atoms with E-state index in [1.807, 2.05) is 6.92 Å². The van der Waals surface area contributed by atoms with Crippen molar-refractivity contribution in [3.8, 4) is 17.2 Å². The van der Waals surface area contributed by atoms with E-state index in [1.54, 1.807) is 40.4 Å². The number of rotatable bonds is 5. The third kappa shape index (κ3) is 2.70. The Morgan fingerprint density at radius 2 is 1.53 bits per heavy atom. The highest BCUT2D eigenvalue weighted by Gasteiger charge is 2.18. The lowest BCUT2D eigenvalue weighted by atomic mass is 9.97. The summed E-state index contributed by atoms with van der Waals surface area (Å²) in [7, 11) is 4.66. The molecule has 0 radical (unpaired) electrons. The number of ether oxygens (including phenoxy) is 3. The average molecular weight is 238 g/mol. The van der Waals surface area contributed by atoms with Crippen LogP contribution in [0.1, 0.15) is 25.3 Å². The minimum absolute atomic E-state index is 0.0965. The lowest BCUT2D eigenvalue weighted by Gasteiger charge is -2.16. The Morgan fingerprint density at radius 1 is 1.06 bits per heavy atom. The topological polar surface area (TPSA) is 44.8 Å². The van der Waals surface area contributed by atoms with Crippen LogP contribution >= 0.6 is 0 Å². The number of ketones is 1. The van der Waals surface area contributed by atoms with E-state index in [2.05, 4.69) is 0 Å². The Morgan fingerprint density at radius 3 is 1.82 bits per heavy atom. The van der Waals surface area contributed by atoms with Crippen molar-refractivity contribution >= 4 is 5.78 Å². The van der Waals surface area contributed by atoms with Gasteiger partial charge in [0.25, 0.3) is 0 Å². The standard InChI is InChI=1S/C13H18O4/c1-8(9(2)14)10-6-11(15-3)13(17-5)12(7-10)16-4/h6-8H,1-5H3. The van der Waals surface area contributed by atoms with Crippen molar-refractivity contribution < 1.29 is 19.0 Å². The molecule has 0 aliphatic heterocycles. The molecule has 0 saturated carbocycles. The molecule has 0 amide bonds. The second kappa shape index (κ2) is 5.57. The first kappa shape index (κ1) is 13.4. The van der Waals surface area contributed by atoms with Crippen LogP contribution in [0.15, 0.2) is 12.1 Å². The van der Waals surface area contributed by atoms with Gasteiger partial charge in [-0.1, -0.05) is 6.92 Å². The smallest absolute Gasteiger partial charge is 0.203 e. The van der Waals surface area contributed by atoms with Gasteiger partial charge < -0.3 is 14.2 Å². The fourth-order valence-electron chi connectivity index (χ4n) is 1.59. The third-order valence-corrected chi connectivity index (χ3v) is 2.80. The molecule has 1 aromatic rings. The van der Waals surface area contributed by atoms with E-state index in [0.29, 0.717) is 17.2 Å². The van der Waals surface area contributed by atoms with Gasteiger partial charge in [-0.2, -0.15) is 0 Å². The monoisotopic (exact) mass is 238 g/mol. The molecular weight excluding hydrogens is 220 g/mol. The molecule has 4 heteroatoms. The zero-order valence-electron chi connectivity index (χ0n) is 10.9. The van der Waals surface area contributed by atoms with E-state index in [-0.39, 0.29) is 11.7 Å². The Labute approximate surface area is 101 Å². The van der Waals surface area contributed by atoms with Crippen LogP contribution in [0.4, 0.5) is 0 Å². The molecule has 1 aromatic carbocycles. The SMILES string of the molecule is COc1cc(C(C)C(C)=O)cc(OC)c1OC. The number of methoxy groups -OCH3 is 3. The van der Waals surface area contributed by atoms with Gasteiger partial charge in [-0.15, -0.1) is 0 Å². The van der Waals surface area contributed by atoms with Crippen LogP contribution in [0.3, 0.4) is 0 Å². The molecule has 1 rings (SSSR count). The lowest BCUT2D eigenvalue weighted by Crippen LogP contribution is -2.05. The molecule has 0 aromatic heterocycles. The number of carbonyl (C=O) groups excluding carboxylic acids is 1. The number of hydrogen-bond acceptors (Lipinski definition) is 4. The maximum atomic E-state index is 11.4. The maximum absolute atomic E-state index is 11.4. The van der Waals surface area contributed by atoms with Crippen LogP contribution in [0.2, 0.25) is 0 Å². The molecule has 0 spiro atoms. The van der Waals surface area contributed by atoms with Crippen LogP contribution in [-0.2, 0) is 4.79 Å². The summed E-state index contributed by atoms with van der Waals surface area (Å²) < 4.78 is 15.7. The Hall–Kier alpha value is -1.71. The summed E-state index contributed by atoms with van der Waals surface area (Å²) in [6, 6.07) is 3.60. The van der Waals surface area contributed by atoms with Gasteiger partial charge in [-0.25, -0.2) is 0 Å². The minimum Gasteiger partial charge on any atom is -0.493 e. The van der Waals surface area contributed by atoms with E-state index in [4.69, 9.17) is 14.2 Å². The van der Waals surface area contributed by atoms with E-state index < -0.39 is 0 Å². The van der Waals surface area contributed by atoms with E-state index in [1.165, 1.54) is 0 Å². The molecule has 0 aliphatic carbocycles. The van der Waals surface area contributed by atoms with Crippen LogP contribution in [-0.4, -0.2) is 27.1 Å². The van der Waals surface area contributed by atoms with Gasteiger partial charge in [-0.05, 0) is 24.6 Å². The molecule has 4 nitrogen and oxygen atoms in total. The van der Waals surface area contributed by atoms with Gasteiger partial charge in [0, 0.05) is 5.92 Å². The van der Waals surface area contributed by atoms with Crippen molar-refractivity contribution in [3.05, 3.63) is 17.7 Å². The Kier molecular flexibility index (Phi) is 4.37. The summed E-state index contributed by atoms with van der Waals surface area (Å²) in [5, 5.41) is 0. The molecule has 94 valence electrons. The first-order valence-electron chi connectivity index (χ1n) is 5.35. The molecule has 0 aliphatic rings. The average Bonchev–Trinajstić information content (AvgIpc) is 2.35. The van der Waals surface area contributed by atoms with Crippen LogP contribution in [0, 0.1) is 0 Å². The summed E-state index contributed by atoms with van der Waals surface area (Å²) in [5.41, 5.74) is 0.854. The molecular formula is C13H18O4. The van der Waals surface area contributed by atoms with Crippen molar-refractivity contribution in [3.63, 3.8) is 0 Å². The van der Waals surface area contributed by atoms with E-state index >= 15 is 0 Å². The predicted octanol–water partition coefficient (Wildman–Crippen LogP) is 2.40. The van der Waals surface area contributed by atoms with Crippen molar-refractivity contribution in [2.24, 2.45) is 0 Å².